The highest BCUT2D eigenvalue weighted by Crippen LogP contribution is 2.39. The maximum absolute atomic E-state index is 6.35. The molecule has 9 heteroatoms. The average molecular weight is 538 g/mol. The highest BCUT2D eigenvalue weighted by Gasteiger charge is 2.34. The van der Waals surface area contributed by atoms with E-state index in [-0.39, 0.29) is 5.41 Å². The van der Waals surface area contributed by atoms with Crippen molar-refractivity contribution in [1.29, 1.82) is 0 Å². The topological polar surface area (TPSA) is 71.5 Å². The van der Waals surface area contributed by atoms with Gasteiger partial charge in [0.2, 0.25) is 11.8 Å². The highest BCUT2D eigenvalue weighted by molar-refractivity contribution is 7.80. The molecule has 1 saturated heterocycles. The Balaban J connectivity index is 1.32. The third-order valence-electron chi connectivity index (χ3n) is 7.05. The van der Waals surface area contributed by atoms with E-state index < -0.39 is 0 Å². The van der Waals surface area contributed by atoms with Crippen molar-refractivity contribution in [2.75, 3.05) is 43.1 Å². The fourth-order valence-corrected chi connectivity index (χ4v) is 5.45. The number of hydrogen-bond donors (Lipinski definition) is 2. The fourth-order valence-electron chi connectivity index (χ4n) is 5.09. The highest BCUT2D eigenvalue weighted by atomic mass is 35.5. The molecule has 0 atom stereocenters. The van der Waals surface area contributed by atoms with E-state index in [0.29, 0.717) is 35.9 Å². The summed E-state index contributed by atoms with van der Waals surface area (Å²) in [6, 6.07) is 19.7. The number of anilines is 2. The van der Waals surface area contributed by atoms with Gasteiger partial charge in [-0.25, -0.2) is 0 Å². The number of nitrogens with zero attached hydrogens (tertiary/aromatic N) is 3. The number of hydrogen-bond acceptors (Lipinski definition) is 6. The van der Waals surface area contributed by atoms with E-state index in [0.717, 1.165) is 43.3 Å². The number of nitrogens with one attached hydrogen (secondary N) is 2. The second-order valence-electron chi connectivity index (χ2n) is 9.56. The molecule has 0 bridgehead atoms. The molecule has 2 fully saturated rings. The van der Waals surface area contributed by atoms with Crippen molar-refractivity contribution in [1.82, 2.24) is 15.3 Å². The molecule has 1 saturated carbocycles. The second-order valence-corrected chi connectivity index (χ2v) is 10.4. The summed E-state index contributed by atoms with van der Waals surface area (Å²) in [6.07, 6.45) is 5.85. The number of morpholine rings is 1. The smallest absolute Gasteiger partial charge is 0.234 e. The lowest BCUT2D eigenvalue weighted by Gasteiger charge is -2.38. The van der Waals surface area contributed by atoms with Crippen molar-refractivity contribution < 1.29 is 9.47 Å². The predicted octanol–water partition coefficient (Wildman–Crippen LogP) is 5.95. The van der Waals surface area contributed by atoms with E-state index in [2.05, 4.69) is 32.7 Å². The van der Waals surface area contributed by atoms with Crippen LogP contribution in [-0.2, 0) is 10.2 Å². The molecule has 37 heavy (non-hydrogen) atoms. The molecule has 0 amide bonds. The Morgan fingerprint density at radius 2 is 1.78 bits per heavy atom. The zero-order valence-electron chi connectivity index (χ0n) is 20.8. The third-order valence-corrected chi connectivity index (χ3v) is 7.53. The van der Waals surface area contributed by atoms with Crippen LogP contribution in [0.3, 0.4) is 0 Å². The van der Waals surface area contributed by atoms with Crippen LogP contribution >= 0.6 is 23.8 Å². The molecule has 7 nitrogen and oxygen atoms in total. The first-order valence-corrected chi connectivity index (χ1v) is 13.6. The Labute approximate surface area is 228 Å². The second kappa shape index (κ2) is 12.1. The van der Waals surface area contributed by atoms with Gasteiger partial charge in [-0.3, -0.25) is 0 Å². The van der Waals surface area contributed by atoms with Crippen molar-refractivity contribution in [2.24, 2.45) is 0 Å². The number of rotatable bonds is 7. The zero-order valence-corrected chi connectivity index (χ0v) is 22.4. The molecule has 2 aliphatic rings. The first-order chi connectivity index (χ1) is 18.1. The molecule has 0 radical (unpaired) electrons. The Morgan fingerprint density at radius 3 is 2.54 bits per heavy atom. The maximum atomic E-state index is 6.35. The molecule has 3 aromatic rings. The quantitative estimate of drug-likeness (QED) is 0.358. The van der Waals surface area contributed by atoms with Crippen molar-refractivity contribution in [3.05, 3.63) is 71.2 Å². The van der Waals surface area contributed by atoms with Crippen LogP contribution in [0.15, 0.2) is 60.7 Å². The first kappa shape index (κ1) is 25.7. The molecule has 194 valence electrons. The molecule has 0 spiro atoms. The Hall–Kier alpha value is -2.94. The molecule has 5 rings (SSSR count). The molecular weight excluding hydrogens is 506 g/mol. The lowest BCUT2D eigenvalue weighted by atomic mass is 9.69. The minimum absolute atomic E-state index is 0.00697. The van der Waals surface area contributed by atoms with E-state index in [1.165, 1.54) is 24.8 Å². The number of benzene rings is 2. The standard InChI is InChI=1S/C28H32ClN5O2S/c29-22-9-7-8-21(18-22)28(12-5-2-6-13-28)20-30-27(37)33-26-31-24(34-14-16-35-17-15-34)19-25(32-26)36-23-10-3-1-4-11-23/h1,3-4,7-11,18-19H,2,5-6,12-17,20H2,(H2,30,31,32,33,37). The number of aromatic nitrogens is 2. The van der Waals surface area contributed by atoms with Gasteiger partial charge < -0.3 is 25.0 Å². The predicted molar refractivity (Wildman–Crippen MR) is 152 cm³/mol. The van der Waals surface area contributed by atoms with Crippen LogP contribution in [0.2, 0.25) is 5.02 Å². The molecular formula is C28H32ClN5O2S. The number of para-hydroxylation sites is 1. The monoisotopic (exact) mass is 537 g/mol. The summed E-state index contributed by atoms with van der Waals surface area (Å²) in [5.41, 5.74) is 1.26. The Bertz CT molecular complexity index is 1200. The van der Waals surface area contributed by atoms with Crippen LogP contribution in [0, 0.1) is 0 Å². The molecule has 1 aliphatic carbocycles. The lowest BCUT2D eigenvalue weighted by molar-refractivity contribution is 0.122. The summed E-state index contributed by atoms with van der Waals surface area (Å²) in [6.45, 7) is 3.55. The van der Waals surface area contributed by atoms with Crippen LogP contribution in [0.5, 0.6) is 11.6 Å². The molecule has 2 N–H and O–H groups in total. The summed E-state index contributed by atoms with van der Waals surface area (Å²) in [4.78, 5) is 11.5. The van der Waals surface area contributed by atoms with Crippen LogP contribution in [0.25, 0.3) is 0 Å². The van der Waals surface area contributed by atoms with Gasteiger partial charge in [-0.05, 0) is 54.9 Å². The Kier molecular flexibility index (Phi) is 8.38. The van der Waals surface area contributed by atoms with E-state index in [9.17, 15) is 0 Å². The maximum Gasteiger partial charge on any atom is 0.234 e. The fraction of sp³-hybridized carbons (Fsp3) is 0.393. The van der Waals surface area contributed by atoms with E-state index in [1.54, 1.807) is 0 Å². The number of thiocarbonyl (C=S) groups is 1. The average Bonchev–Trinajstić information content (AvgIpc) is 2.93. The van der Waals surface area contributed by atoms with Gasteiger partial charge >= 0.3 is 0 Å². The van der Waals surface area contributed by atoms with E-state index in [1.807, 2.05) is 48.5 Å². The van der Waals surface area contributed by atoms with Crippen molar-refractivity contribution in [3.63, 3.8) is 0 Å². The summed E-state index contributed by atoms with van der Waals surface area (Å²) < 4.78 is 11.6. The van der Waals surface area contributed by atoms with Gasteiger partial charge in [-0.15, -0.1) is 0 Å². The largest absolute Gasteiger partial charge is 0.439 e. The minimum Gasteiger partial charge on any atom is -0.439 e. The SMILES string of the molecule is S=C(NCC1(c2cccc(Cl)c2)CCCCC1)Nc1nc(Oc2ccccc2)cc(N2CCOCC2)n1. The minimum atomic E-state index is -0.00697. The molecule has 1 aliphatic heterocycles. The summed E-state index contributed by atoms with van der Waals surface area (Å²) in [5, 5.41) is 7.90. The van der Waals surface area contributed by atoms with Crippen molar-refractivity contribution in [3.8, 4) is 11.6 Å². The summed E-state index contributed by atoms with van der Waals surface area (Å²) in [5.74, 6) is 2.34. The first-order valence-electron chi connectivity index (χ1n) is 12.9. The van der Waals surface area contributed by atoms with Crippen LogP contribution in [-0.4, -0.2) is 47.9 Å². The Morgan fingerprint density at radius 1 is 1.00 bits per heavy atom. The van der Waals surface area contributed by atoms with Crippen molar-refractivity contribution in [2.45, 2.75) is 37.5 Å². The van der Waals surface area contributed by atoms with Gasteiger partial charge in [0.15, 0.2) is 5.11 Å². The third kappa shape index (κ3) is 6.69. The van der Waals surface area contributed by atoms with E-state index in [4.69, 9.17) is 38.3 Å². The van der Waals surface area contributed by atoms with Gasteiger partial charge in [0, 0.05) is 36.1 Å². The lowest BCUT2D eigenvalue weighted by Crippen LogP contribution is -2.43. The summed E-state index contributed by atoms with van der Waals surface area (Å²) in [7, 11) is 0. The molecule has 2 heterocycles. The van der Waals surface area contributed by atoms with Gasteiger partial charge in [0.1, 0.15) is 11.6 Å². The van der Waals surface area contributed by atoms with Crippen molar-refractivity contribution >= 4 is 40.7 Å². The molecule has 0 unspecified atom stereocenters. The molecule has 1 aromatic heterocycles. The zero-order chi connectivity index (χ0) is 25.5. The van der Waals surface area contributed by atoms with Gasteiger partial charge in [-0.1, -0.05) is 61.2 Å². The normalized spacial score (nSPS) is 17.2. The van der Waals surface area contributed by atoms with Crippen LogP contribution in [0.1, 0.15) is 37.7 Å². The van der Waals surface area contributed by atoms with Crippen LogP contribution < -0.4 is 20.3 Å². The summed E-state index contributed by atoms with van der Waals surface area (Å²) >= 11 is 12.0. The van der Waals surface area contributed by atoms with Gasteiger partial charge in [-0.2, -0.15) is 9.97 Å². The van der Waals surface area contributed by atoms with Gasteiger partial charge in [0.25, 0.3) is 0 Å². The number of ether oxygens (including phenoxy) is 2. The van der Waals surface area contributed by atoms with E-state index >= 15 is 0 Å². The van der Waals surface area contributed by atoms with Gasteiger partial charge in [0.05, 0.1) is 13.2 Å². The number of halogens is 1. The molecule has 2 aromatic carbocycles. The van der Waals surface area contributed by atoms with Crippen LogP contribution in [0.4, 0.5) is 11.8 Å².